The highest BCUT2D eigenvalue weighted by Gasteiger charge is 2.50. The number of nitrogens with zero attached hydrogens (tertiary/aromatic N) is 1. The third-order valence-electron chi connectivity index (χ3n) is 4.17. The molecule has 6 heteroatoms. The van der Waals surface area contributed by atoms with Crippen LogP contribution in [0.4, 0.5) is 0 Å². The molecule has 0 aromatic heterocycles. The summed E-state index contributed by atoms with van der Waals surface area (Å²) in [6.07, 6.45) is 3.65. The number of esters is 1. The second-order valence-corrected chi connectivity index (χ2v) is 5.35. The van der Waals surface area contributed by atoms with Crippen LogP contribution in [0.5, 0.6) is 5.75 Å². The molecular formula is C17H19NO5. The third kappa shape index (κ3) is 3.11. The Hall–Kier alpha value is -2.63. The molecule has 0 amide bonds. The van der Waals surface area contributed by atoms with E-state index >= 15 is 0 Å². The quantitative estimate of drug-likeness (QED) is 0.474. The normalized spacial score (nSPS) is 21.9. The van der Waals surface area contributed by atoms with Crippen LogP contribution in [0, 0.1) is 10.1 Å². The van der Waals surface area contributed by atoms with Gasteiger partial charge in [0.1, 0.15) is 5.75 Å². The summed E-state index contributed by atoms with van der Waals surface area (Å²) in [5.41, 5.74) is 0.355. The van der Waals surface area contributed by atoms with Crippen molar-refractivity contribution in [3.05, 3.63) is 57.2 Å². The van der Waals surface area contributed by atoms with Crippen molar-refractivity contribution in [3.8, 4) is 5.75 Å². The second kappa shape index (κ2) is 6.64. The summed E-state index contributed by atoms with van der Waals surface area (Å²) in [7, 11) is 2.85. The summed E-state index contributed by atoms with van der Waals surface area (Å²) >= 11 is 0. The molecule has 23 heavy (non-hydrogen) atoms. The van der Waals surface area contributed by atoms with Gasteiger partial charge in [0.15, 0.2) is 0 Å². The number of hydrogen-bond acceptors (Lipinski definition) is 5. The van der Waals surface area contributed by atoms with E-state index in [1.54, 1.807) is 38.3 Å². The topological polar surface area (TPSA) is 78.7 Å². The lowest BCUT2D eigenvalue weighted by molar-refractivity contribution is -0.556. The Morgan fingerprint density at radius 3 is 2.48 bits per heavy atom. The second-order valence-electron chi connectivity index (χ2n) is 5.35. The zero-order valence-electron chi connectivity index (χ0n) is 13.4. The summed E-state index contributed by atoms with van der Waals surface area (Å²) in [6, 6.07) is 7.20. The van der Waals surface area contributed by atoms with Crippen molar-refractivity contribution < 1.29 is 19.2 Å². The van der Waals surface area contributed by atoms with Crippen molar-refractivity contribution >= 4 is 12.0 Å². The van der Waals surface area contributed by atoms with E-state index in [9.17, 15) is 14.9 Å². The van der Waals surface area contributed by atoms with Crippen molar-refractivity contribution in [2.75, 3.05) is 14.2 Å². The smallest absolute Gasteiger partial charge is 0.334 e. The minimum Gasteiger partial charge on any atom is -0.497 e. The highest BCUT2D eigenvalue weighted by Crippen LogP contribution is 2.40. The Morgan fingerprint density at radius 1 is 1.35 bits per heavy atom. The molecule has 0 bridgehead atoms. The first-order valence-corrected chi connectivity index (χ1v) is 7.26. The molecule has 0 radical (unpaired) electrons. The Bertz CT molecular complexity index is 675. The molecule has 0 fully saturated rings. The lowest BCUT2D eigenvalue weighted by Crippen LogP contribution is -2.37. The van der Waals surface area contributed by atoms with Gasteiger partial charge in [-0.3, -0.25) is 10.1 Å². The summed E-state index contributed by atoms with van der Waals surface area (Å²) in [4.78, 5) is 23.1. The Kier molecular flexibility index (Phi) is 4.83. The number of methoxy groups -OCH3 is 2. The van der Waals surface area contributed by atoms with E-state index < -0.39 is 11.5 Å². The minimum atomic E-state index is -1.29. The first-order chi connectivity index (χ1) is 11.0. The van der Waals surface area contributed by atoms with Crippen LogP contribution in [0.1, 0.15) is 25.3 Å². The summed E-state index contributed by atoms with van der Waals surface area (Å²) in [5.74, 6) is 0.184. The third-order valence-corrected chi connectivity index (χ3v) is 4.17. The van der Waals surface area contributed by atoms with Crippen LogP contribution in [0.25, 0.3) is 6.08 Å². The van der Waals surface area contributed by atoms with Crippen LogP contribution in [0.3, 0.4) is 0 Å². The molecule has 2 rings (SSSR count). The zero-order valence-corrected chi connectivity index (χ0v) is 13.4. The van der Waals surface area contributed by atoms with Crippen LogP contribution < -0.4 is 4.74 Å². The van der Waals surface area contributed by atoms with Crippen LogP contribution in [-0.4, -0.2) is 30.7 Å². The van der Waals surface area contributed by atoms with E-state index in [0.29, 0.717) is 23.3 Å². The molecule has 0 spiro atoms. The molecule has 1 aromatic carbocycles. The van der Waals surface area contributed by atoms with Gasteiger partial charge in [-0.25, -0.2) is 4.79 Å². The van der Waals surface area contributed by atoms with Gasteiger partial charge in [0.25, 0.3) is 5.54 Å². The van der Waals surface area contributed by atoms with Crippen molar-refractivity contribution in [2.24, 2.45) is 0 Å². The maximum absolute atomic E-state index is 11.8. The lowest BCUT2D eigenvalue weighted by atomic mass is 9.87. The largest absolute Gasteiger partial charge is 0.497 e. The maximum Gasteiger partial charge on any atom is 0.334 e. The van der Waals surface area contributed by atoms with Gasteiger partial charge in [-0.1, -0.05) is 19.1 Å². The number of carbonyl (C=O) groups is 1. The Labute approximate surface area is 134 Å². The van der Waals surface area contributed by atoms with Gasteiger partial charge in [-0.15, -0.1) is 0 Å². The molecule has 1 aliphatic carbocycles. The molecule has 122 valence electrons. The summed E-state index contributed by atoms with van der Waals surface area (Å²) < 4.78 is 9.81. The predicted molar refractivity (Wildman–Crippen MR) is 85.7 cm³/mol. The molecule has 1 atom stereocenters. The van der Waals surface area contributed by atoms with Crippen LogP contribution in [-0.2, 0) is 9.53 Å². The Balaban J connectivity index is 2.47. The zero-order chi connectivity index (χ0) is 17.0. The standard InChI is InChI=1S/C17H19NO5/c1-4-17(18(20)21)11-13(16(19)23-3)10-14(17)9-12-5-7-15(22-2)8-6-12/h5-10H,4,11H2,1-3H3/b14-9-. The van der Waals surface area contributed by atoms with Gasteiger partial charge in [0, 0.05) is 22.5 Å². The molecule has 1 aliphatic rings. The van der Waals surface area contributed by atoms with E-state index in [2.05, 4.69) is 0 Å². The van der Waals surface area contributed by atoms with Crippen LogP contribution >= 0.6 is 0 Å². The molecule has 0 saturated heterocycles. The molecule has 6 nitrogen and oxygen atoms in total. The minimum absolute atomic E-state index is 0.0468. The monoisotopic (exact) mass is 317 g/mol. The number of hydrogen-bond donors (Lipinski definition) is 0. The molecule has 1 unspecified atom stereocenters. The highest BCUT2D eigenvalue weighted by atomic mass is 16.6. The van der Waals surface area contributed by atoms with E-state index in [4.69, 9.17) is 9.47 Å². The SMILES string of the molecule is CCC1([N+](=O)[O-])CC(C(=O)OC)=C/C1=C/c1ccc(OC)cc1. The van der Waals surface area contributed by atoms with Gasteiger partial charge in [-0.05, 0) is 29.8 Å². The molecule has 0 saturated carbocycles. The van der Waals surface area contributed by atoms with Crippen molar-refractivity contribution in [1.29, 1.82) is 0 Å². The summed E-state index contributed by atoms with van der Waals surface area (Å²) in [5, 5.41) is 11.7. The molecule has 0 N–H and O–H groups in total. The maximum atomic E-state index is 11.8. The van der Waals surface area contributed by atoms with Crippen LogP contribution in [0.15, 0.2) is 41.5 Å². The van der Waals surface area contributed by atoms with E-state index in [-0.39, 0.29) is 11.3 Å². The van der Waals surface area contributed by atoms with Gasteiger partial charge in [0.2, 0.25) is 0 Å². The predicted octanol–water partition coefficient (Wildman–Crippen LogP) is 3.01. The lowest BCUT2D eigenvalue weighted by Gasteiger charge is -2.20. The average Bonchev–Trinajstić information content (AvgIpc) is 2.94. The first-order valence-electron chi connectivity index (χ1n) is 7.26. The molecule has 0 heterocycles. The highest BCUT2D eigenvalue weighted by molar-refractivity contribution is 5.91. The Morgan fingerprint density at radius 2 is 2.00 bits per heavy atom. The number of nitro groups is 1. The average molecular weight is 317 g/mol. The number of ether oxygens (including phenoxy) is 2. The molecular weight excluding hydrogens is 298 g/mol. The number of benzene rings is 1. The molecule has 1 aromatic rings. The van der Waals surface area contributed by atoms with Crippen LogP contribution in [0.2, 0.25) is 0 Å². The van der Waals surface area contributed by atoms with E-state index in [0.717, 1.165) is 5.56 Å². The van der Waals surface area contributed by atoms with Crippen molar-refractivity contribution in [1.82, 2.24) is 0 Å². The number of carbonyl (C=O) groups excluding carboxylic acids is 1. The van der Waals surface area contributed by atoms with E-state index in [1.165, 1.54) is 7.11 Å². The fourth-order valence-corrected chi connectivity index (χ4v) is 2.74. The molecule has 0 aliphatic heterocycles. The fourth-order valence-electron chi connectivity index (χ4n) is 2.74. The number of rotatable bonds is 5. The fraction of sp³-hybridized carbons (Fsp3) is 0.353. The van der Waals surface area contributed by atoms with Gasteiger partial charge < -0.3 is 9.47 Å². The van der Waals surface area contributed by atoms with Crippen molar-refractivity contribution in [2.45, 2.75) is 25.3 Å². The first kappa shape index (κ1) is 16.7. The van der Waals surface area contributed by atoms with Gasteiger partial charge in [0.05, 0.1) is 20.6 Å². The van der Waals surface area contributed by atoms with Gasteiger partial charge in [-0.2, -0.15) is 0 Å². The van der Waals surface area contributed by atoms with Gasteiger partial charge >= 0.3 is 5.97 Å². The van der Waals surface area contributed by atoms with Crippen molar-refractivity contribution in [3.63, 3.8) is 0 Å². The van der Waals surface area contributed by atoms with E-state index in [1.807, 2.05) is 12.1 Å². The summed E-state index contributed by atoms with van der Waals surface area (Å²) in [6.45, 7) is 1.75.